The quantitative estimate of drug-likeness (QED) is 0.630. The lowest BCUT2D eigenvalue weighted by Crippen LogP contribution is -2.16. The molecule has 1 aliphatic heterocycles. The van der Waals surface area contributed by atoms with Gasteiger partial charge in [0.1, 0.15) is 0 Å². The van der Waals surface area contributed by atoms with E-state index in [2.05, 4.69) is 5.32 Å². The second-order valence-electron chi connectivity index (χ2n) is 3.29. The number of aromatic hydroxyl groups is 1. The van der Waals surface area contributed by atoms with Crippen LogP contribution in [-0.2, 0) is 12.8 Å². The van der Waals surface area contributed by atoms with E-state index in [0.717, 1.165) is 25.1 Å². The van der Waals surface area contributed by atoms with Crippen molar-refractivity contribution in [3.63, 3.8) is 0 Å². The van der Waals surface area contributed by atoms with E-state index >= 15 is 0 Å². The Bertz CT molecular complexity index is 325. The second kappa shape index (κ2) is 3.34. The predicted octanol–water partition coefficient (Wildman–Crippen LogP) is 1.22. The third kappa shape index (κ3) is 1.52. The third-order valence-electron chi connectivity index (χ3n) is 2.44. The van der Waals surface area contributed by atoms with E-state index in [0.29, 0.717) is 12.0 Å². The van der Waals surface area contributed by atoms with Crippen molar-refractivity contribution in [3.8, 4) is 5.75 Å². The molecule has 1 aliphatic rings. The van der Waals surface area contributed by atoms with Crippen LogP contribution in [-0.4, -0.2) is 18.2 Å². The van der Waals surface area contributed by atoms with Gasteiger partial charge in [0.25, 0.3) is 0 Å². The van der Waals surface area contributed by atoms with Crippen LogP contribution >= 0.6 is 0 Å². The molecule has 0 radical (unpaired) electrons. The molecule has 13 heavy (non-hydrogen) atoms. The molecule has 0 saturated carbocycles. The molecule has 1 aromatic rings. The third-order valence-corrected chi connectivity index (χ3v) is 2.44. The molecule has 0 bridgehead atoms. The molecule has 0 spiro atoms. The maximum Gasteiger partial charge on any atom is 0.168 e. The first kappa shape index (κ1) is 8.51. The summed E-state index contributed by atoms with van der Waals surface area (Å²) in [7, 11) is 0. The Morgan fingerprint density at radius 3 is 2.85 bits per heavy atom. The topological polar surface area (TPSA) is 32.3 Å². The van der Waals surface area contributed by atoms with Crippen molar-refractivity contribution in [1.82, 2.24) is 5.32 Å². The molecule has 70 valence electrons. The highest BCUT2D eigenvalue weighted by atomic mass is 19.1. The first-order valence-electron chi connectivity index (χ1n) is 4.49. The number of rotatable bonds is 0. The molecule has 0 aliphatic carbocycles. The molecule has 0 atom stereocenters. The van der Waals surface area contributed by atoms with Gasteiger partial charge in [-0.1, -0.05) is 6.07 Å². The number of halogens is 1. The number of benzene rings is 1. The van der Waals surface area contributed by atoms with Crippen LogP contribution in [0.5, 0.6) is 5.75 Å². The Labute approximate surface area is 76.4 Å². The van der Waals surface area contributed by atoms with Gasteiger partial charge in [0, 0.05) is 0 Å². The smallest absolute Gasteiger partial charge is 0.168 e. The molecule has 0 saturated heterocycles. The van der Waals surface area contributed by atoms with E-state index in [-0.39, 0.29) is 5.75 Å². The van der Waals surface area contributed by atoms with Crippen LogP contribution in [0.1, 0.15) is 11.1 Å². The lowest BCUT2D eigenvalue weighted by atomic mass is 10.0. The average Bonchev–Trinajstić information content (AvgIpc) is 2.36. The van der Waals surface area contributed by atoms with Crippen molar-refractivity contribution in [2.24, 2.45) is 0 Å². The van der Waals surface area contributed by atoms with Gasteiger partial charge < -0.3 is 10.4 Å². The van der Waals surface area contributed by atoms with E-state index in [1.54, 1.807) is 6.07 Å². The summed E-state index contributed by atoms with van der Waals surface area (Å²) in [5, 5.41) is 12.4. The van der Waals surface area contributed by atoms with Gasteiger partial charge in [-0.05, 0) is 43.1 Å². The Kier molecular flexibility index (Phi) is 2.19. The highest BCUT2D eigenvalue weighted by Crippen LogP contribution is 2.24. The Hall–Kier alpha value is -1.09. The van der Waals surface area contributed by atoms with Gasteiger partial charge in [-0.25, -0.2) is 4.39 Å². The summed E-state index contributed by atoms with van der Waals surface area (Å²) in [4.78, 5) is 0. The number of phenols is 1. The van der Waals surface area contributed by atoms with Crippen LogP contribution in [0.25, 0.3) is 0 Å². The van der Waals surface area contributed by atoms with Gasteiger partial charge in [0.05, 0.1) is 0 Å². The van der Waals surface area contributed by atoms with Gasteiger partial charge in [-0.3, -0.25) is 0 Å². The van der Waals surface area contributed by atoms with E-state index in [9.17, 15) is 9.50 Å². The lowest BCUT2D eigenvalue weighted by Gasteiger charge is -2.06. The second-order valence-corrected chi connectivity index (χ2v) is 3.29. The number of phenolic OH excluding ortho intramolecular Hbond substituents is 1. The number of fused-ring (bicyclic) bond motifs is 1. The minimum Gasteiger partial charge on any atom is -0.505 e. The molecule has 2 nitrogen and oxygen atoms in total. The molecule has 0 amide bonds. The summed E-state index contributed by atoms with van der Waals surface area (Å²) < 4.78 is 13.4. The Balaban J connectivity index is 2.48. The van der Waals surface area contributed by atoms with Crippen LogP contribution in [0, 0.1) is 5.82 Å². The van der Waals surface area contributed by atoms with Gasteiger partial charge in [-0.15, -0.1) is 0 Å². The normalized spacial score (nSPS) is 16.4. The van der Waals surface area contributed by atoms with Crippen LogP contribution in [0.2, 0.25) is 0 Å². The molecular formula is C10H12FNO. The molecular weight excluding hydrogens is 169 g/mol. The fourth-order valence-corrected chi connectivity index (χ4v) is 1.71. The van der Waals surface area contributed by atoms with Crippen LogP contribution in [0.3, 0.4) is 0 Å². The minimum atomic E-state index is -0.443. The van der Waals surface area contributed by atoms with Crippen LogP contribution in [0.15, 0.2) is 12.1 Å². The van der Waals surface area contributed by atoms with E-state index in [4.69, 9.17) is 0 Å². The van der Waals surface area contributed by atoms with Crippen molar-refractivity contribution in [2.75, 3.05) is 13.1 Å². The minimum absolute atomic E-state index is 0.236. The molecule has 1 heterocycles. The zero-order valence-corrected chi connectivity index (χ0v) is 7.31. The van der Waals surface area contributed by atoms with Gasteiger partial charge in [-0.2, -0.15) is 0 Å². The van der Waals surface area contributed by atoms with Crippen LogP contribution < -0.4 is 5.32 Å². The first-order chi connectivity index (χ1) is 6.29. The number of nitrogens with one attached hydrogen (secondary N) is 1. The first-order valence-corrected chi connectivity index (χ1v) is 4.49. The Morgan fingerprint density at radius 2 is 2.00 bits per heavy atom. The van der Waals surface area contributed by atoms with Crippen molar-refractivity contribution < 1.29 is 9.50 Å². The zero-order chi connectivity index (χ0) is 9.26. The lowest BCUT2D eigenvalue weighted by molar-refractivity contribution is 0.428. The average molecular weight is 181 g/mol. The molecule has 3 heteroatoms. The van der Waals surface area contributed by atoms with E-state index in [1.807, 2.05) is 0 Å². The summed E-state index contributed by atoms with van der Waals surface area (Å²) in [6, 6.07) is 3.24. The fraction of sp³-hybridized carbons (Fsp3) is 0.400. The van der Waals surface area contributed by atoms with Crippen LogP contribution in [0.4, 0.5) is 4.39 Å². The van der Waals surface area contributed by atoms with Gasteiger partial charge in [0.15, 0.2) is 11.6 Å². The molecule has 0 fully saturated rings. The number of hydrogen-bond donors (Lipinski definition) is 2. The highest BCUT2D eigenvalue weighted by Gasteiger charge is 2.14. The SMILES string of the molecule is Oc1ccc2c(c1F)CCNCC2. The van der Waals surface area contributed by atoms with Crippen molar-refractivity contribution >= 4 is 0 Å². The zero-order valence-electron chi connectivity index (χ0n) is 7.31. The molecule has 0 aromatic heterocycles. The summed E-state index contributed by atoms with van der Waals surface area (Å²) in [5.74, 6) is -0.679. The van der Waals surface area contributed by atoms with Gasteiger partial charge in [0.2, 0.25) is 0 Å². The molecule has 2 N–H and O–H groups in total. The Morgan fingerprint density at radius 1 is 1.23 bits per heavy atom. The van der Waals surface area contributed by atoms with E-state index in [1.165, 1.54) is 6.07 Å². The maximum atomic E-state index is 13.4. The fourth-order valence-electron chi connectivity index (χ4n) is 1.71. The molecule has 1 aromatic carbocycles. The van der Waals surface area contributed by atoms with Crippen molar-refractivity contribution in [1.29, 1.82) is 0 Å². The largest absolute Gasteiger partial charge is 0.505 e. The predicted molar refractivity (Wildman–Crippen MR) is 48.3 cm³/mol. The monoisotopic (exact) mass is 181 g/mol. The summed E-state index contributed by atoms with van der Waals surface area (Å²) in [6.07, 6.45) is 1.50. The summed E-state index contributed by atoms with van der Waals surface area (Å²) in [6.45, 7) is 1.67. The highest BCUT2D eigenvalue weighted by molar-refractivity contribution is 5.37. The standard InChI is InChI=1S/C10H12FNO/c11-10-8-4-6-12-5-3-7(8)1-2-9(10)13/h1-2,12-13H,3-6H2. The summed E-state index contributed by atoms with van der Waals surface area (Å²) in [5.41, 5.74) is 1.69. The molecule has 0 unspecified atom stereocenters. The maximum absolute atomic E-state index is 13.4. The molecule has 2 rings (SSSR count). The summed E-state index contributed by atoms with van der Waals surface area (Å²) >= 11 is 0. The number of hydrogen-bond acceptors (Lipinski definition) is 2. The van der Waals surface area contributed by atoms with Crippen molar-refractivity contribution in [3.05, 3.63) is 29.1 Å². The van der Waals surface area contributed by atoms with Crippen molar-refractivity contribution in [2.45, 2.75) is 12.8 Å². The van der Waals surface area contributed by atoms with Gasteiger partial charge >= 0.3 is 0 Å². The van der Waals surface area contributed by atoms with E-state index < -0.39 is 5.82 Å².